The van der Waals surface area contributed by atoms with Crippen molar-refractivity contribution in [1.82, 2.24) is 9.78 Å². The van der Waals surface area contributed by atoms with Crippen LogP contribution in [0.3, 0.4) is 0 Å². The Bertz CT molecular complexity index is 864. The summed E-state index contributed by atoms with van der Waals surface area (Å²) < 4.78 is 16.9. The number of nitrogens with zero attached hydrogens (tertiary/aromatic N) is 2. The maximum Gasteiger partial charge on any atom is 0.437 e. The third kappa shape index (κ3) is 4.00. The maximum atomic E-state index is 11.8. The molecule has 2 heterocycles. The summed E-state index contributed by atoms with van der Waals surface area (Å²) in [5.41, 5.74) is 1.06. The molecule has 0 spiro atoms. The summed E-state index contributed by atoms with van der Waals surface area (Å²) in [5.74, 6) is 0.802. The standard InChI is InChI=1S/C18H20N2O5/c1-12(2)14-6-3-4-7-15(14)24-11-13(21)10-20-18(22)25-17(19-20)16-8-5-9-23-16/h3-9,12-13,21H,10-11H2,1-2H3/t13-/m1/s1. The molecular weight excluding hydrogens is 324 g/mol. The summed E-state index contributed by atoms with van der Waals surface area (Å²) in [6.45, 7) is 4.15. The highest BCUT2D eigenvalue weighted by Crippen LogP contribution is 2.25. The predicted molar refractivity (Wildman–Crippen MR) is 90.5 cm³/mol. The molecule has 1 aromatic carbocycles. The first-order chi connectivity index (χ1) is 12.0. The lowest BCUT2D eigenvalue weighted by Gasteiger charge is -2.16. The van der Waals surface area contributed by atoms with Crippen molar-refractivity contribution in [3.05, 3.63) is 58.8 Å². The van der Waals surface area contributed by atoms with E-state index in [0.717, 1.165) is 16.0 Å². The topological polar surface area (TPSA) is 90.6 Å². The average Bonchev–Trinajstić information content (AvgIpc) is 3.23. The van der Waals surface area contributed by atoms with Gasteiger partial charge in [0.1, 0.15) is 18.5 Å². The summed E-state index contributed by atoms with van der Waals surface area (Å²) in [6.07, 6.45) is 0.552. The monoisotopic (exact) mass is 344 g/mol. The van der Waals surface area contributed by atoms with Gasteiger partial charge in [0.25, 0.3) is 5.89 Å². The molecule has 3 aromatic rings. The molecule has 0 saturated heterocycles. The lowest BCUT2D eigenvalue weighted by Crippen LogP contribution is -2.29. The summed E-state index contributed by atoms with van der Waals surface area (Å²) in [6, 6.07) is 11.0. The van der Waals surface area contributed by atoms with Crippen molar-refractivity contribution in [2.45, 2.75) is 32.4 Å². The van der Waals surface area contributed by atoms with Crippen LogP contribution in [0.5, 0.6) is 5.75 Å². The van der Waals surface area contributed by atoms with Crippen LogP contribution in [-0.4, -0.2) is 27.6 Å². The Morgan fingerprint density at radius 3 is 2.76 bits per heavy atom. The molecule has 1 N–H and O–H groups in total. The lowest BCUT2D eigenvalue weighted by atomic mass is 10.0. The molecule has 3 rings (SSSR count). The minimum atomic E-state index is -0.910. The molecule has 0 aliphatic rings. The molecule has 0 unspecified atom stereocenters. The van der Waals surface area contributed by atoms with Crippen LogP contribution in [0, 0.1) is 0 Å². The maximum absolute atomic E-state index is 11.8. The van der Waals surface area contributed by atoms with E-state index in [9.17, 15) is 9.90 Å². The first kappa shape index (κ1) is 17.0. The Hall–Kier alpha value is -2.80. The number of aliphatic hydroxyl groups excluding tert-OH is 1. The zero-order chi connectivity index (χ0) is 17.8. The van der Waals surface area contributed by atoms with Gasteiger partial charge in [-0.05, 0) is 29.7 Å². The Morgan fingerprint density at radius 2 is 2.04 bits per heavy atom. The minimum absolute atomic E-state index is 0.0348. The highest BCUT2D eigenvalue weighted by molar-refractivity contribution is 5.42. The normalized spacial score (nSPS) is 12.5. The number of furan rings is 1. The van der Waals surface area contributed by atoms with E-state index in [1.54, 1.807) is 12.1 Å². The Balaban J connectivity index is 1.64. The third-order valence-electron chi connectivity index (χ3n) is 3.69. The number of hydrogen-bond acceptors (Lipinski definition) is 6. The highest BCUT2D eigenvalue weighted by atomic mass is 16.5. The molecule has 0 bridgehead atoms. The fourth-order valence-electron chi connectivity index (χ4n) is 2.45. The summed E-state index contributed by atoms with van der Waals surface area (Å²) in [7, 11) is 0. The van der Waals surface area contributed by atoms with Gasteiger partial charge < -0.3 is 18.7 Å². The lowest BCUT2D eigenvalue weighted by molar-refractivity contribution is 0.0869. The van der Waals surface area contributed by atoms with E-state index in [-0.39, 0.29) is 19.0 Å². The second-order valence-corrected chi connectivity index (χ2v) is 5.99. The first-order valence-corrected chi connectivity index (χ1v) is 8.06. The molecule has 0 fully saturated rings. The number of rotatable bonds is 7. The van der Waals surface area contributed by atoms with E-state index in [4.69, 9.17) is 13.6 Å². The van der Waals surface area contributed by atoms with Gasteiger partial charge >= 0.3 is 5.76 Å². The van der Waals surface area contributed by atoms with Crippen molar-refractivity contribution in [1.29, 1.82) is 0 Å². The molecule has 132 valence electrons. The van der Waals surface area contributed by atoms with Crippen molar-refractivity contribution in [2.75, 3.05) is 6.61 Å². The third-order valence-corrected chi connectivity index (χ3v) is 3.69. The van der Waals surface area contributed by atoms with Gasteiger partial charge in [0.2, 0.25) is 0 Å². The van der Waals surface area contributed by atoms with E-state index in [2.05, 4.69) is 18.9 Å². The van der Waals surface area contributed by atoms with Crippen LogP contribution >= 0.6 is 0 Å². The van der Waals surface area contributed by atoms with Crippen LogP contribution in [0.4, 0.5) is 0 Å². The van der Waals surface area contributed by atoms with Gasteiger partial charge in [0.05, 0.1) is 12.8 Å². The minimum Gasteiger partial charge on any atom is -0.491 e. The summed E-state index contributed by atoms with van der Waals surface area (Å²) >= 11 is 0. The van der Waals surface area contributed by atoms with E-state index in [1.807, 2.05) is 24.3 Å². The molecule has 1 atom stereocenters. The number of hydrogen-bond donors (Lipinski definition) is 1. The van der Waals surface area contributed by atoms with E-state index >= 15 is 0 Å². The number of para-hydroxylation sites is 1. The summed E-state index contributed by atoms with van der Waals surface area (Å²) in [5, 5.41) is 14.2. The van der Waals surface area contributed by atoms with Gasteiger partial charge in [0.15, 0.2) is 5.76 Å². The van der Waals surface area contributed by atoms with Crippen molar-refractivity contribution >= 4 is 0 Å². The van der Waals surface area contributed by atoms with Gasteiger partial charge in [-0.2, -0.15) is 4.68 Å². The van der Waals surface area contributed by atoms with Crippen LogP contribution in [0.25, 0.3) is 11.7 Å². The van der Waals surface area contributed by atoms with Gasteiger partial charge in [0, 0.05) is 0 Å². The molecule has 25 heavy (non-hydrogen) atoms. The molecule has 0 radical (unpaired) electrons. The fraction of sp³-hybridized carbons (Fsp3) is 0.333. The average molecular weight is 344 g/mol. The van der Waals surface area contributed by atoms with Crippen LogP contribution < -0.4 is 10.5 Å². The molecule has 2 aromatic heterocycles. The predicted octanol–water partition coefficient (Wildman–Crippen LogP) is 2.66. The van der Waals surface area contributed by atoms with Crippen molar-refractivity contribution in [3.8, 4) is 17.4 Å². The summed E-state index contributed by atoms with van der Waals surface area (Å²) in [4.78, 5) is 11.8. The molecule has 0 amide bonds. The Kier molecular flexibility index (Phi) is 5.04. The van der Waals surface area contributed by atoms with Crippen LogP contribution in [0.1, 0.15) is 25.3 Å². The molecule has 0 aliphatic heterocycles. The Labute approximate surface area is 144 Å². The number of ether oxygens (including phenoxy) is 1. The van der Waals surface area contributed by atoms with Crippen LogP contribution in [-0.2, 0) is 6.54 Å². The molecule has 7 nitrogen and oxygen atoms in total. The fourth-order valence-corrected chi connectivity index (χ4v) is 2.45. The van der Waals surface area contributed by atoms with Gasteiger partial charge in [-0.15, -0.1) is 5.10 Å². The number of aliphatic hydroxyl groups is 1. The highest BCUT2D eigenvalue weighted by Gasteiger charge is 2.16. The first-order valence-electron chi connectivity index (χ1n) is 8.06. The zero-order valence-electron chi connectivity index (χ0n) is 14.1. The van der Waals surface area contributed by atoms with E-state index < -0.39 is 11.9 Å². The van der Waals surface area contributed by atoms with Crippen molar-refractivity contribution in [2.24, 2.45) is 0 Å². The number of benzene rings is 1. The quantitative estimate of drug-likeness (QED) is 0.708. The Morgan fingerprint density at radius 1 is 1.24 bits per heavy atom. The van der Waals surface area contributed by atoms with Crippen LogP contribution in [0.2, 0.25) is 0 Å². The molecule has 0 saturated carbocycles. The van der Waals surface area contributed by atoms with E-state index in [0.29, 0.717) is 11.7 Å². The smallest absolute Gasteiger partial charge is 0.437 e. The zero-order valence-corrected chi connectivity index (χ0v) is 14.1. The molecule has 0 aliphatic carbocycles. The van der Waals surface area contributed by atoms with Gasteiger partial charge in [-0.25, -0.2) is 4.79 Å². The number of aromatic nitrogens is 2. The van der Waals surface area contributed by atoms with Gasteiger partial charge in [-0.3, -0.25) is 0 Å². The van der Waals surface area contributed by atoms with E-state index in [1.165, 1.54) is 6.26 Å². The SMILES string of the molecule is CC(C)c1ccccc1OC[C@H](O)Cn1nc(-c2ccco2)oc1=O. The van der Waals surface area contributed by atoms with Crippen LogP contribution in [0.15, 0.2) is 56.3 Å². The molecular formula is C18H20N2O5. The van der Waals surface area contributed by atoms with Crippen molar-refractivity contribution < 1.29 is 18.7 Å². The second kappa shape index (κ2) is 7.40. The second-order valence-electron chi connectivity index (χ2n) is 5.99. The largest absolute Gasteiger partial charge is 0.491 e. The van der Waals surface area contributed by atoms with Crippen molar-refractivity contribution in [3.63, 3.8) is 0 Å². The van der Waals surface area contributed by atoms with Gasteiger partial charge in [-0.1, -0.05) is 32.0 Å². The molecule has 7 heteroatoms.